The highest BCUT2D eigenvalue weighted by atomic mass is 16.6. The molecular formula is C15H20N8O. The van der Waals surface area contributed by atoms with Crippen LogP contribution in [0, 0.1) is 6.92 Å². The van der Waals surface area contributed by atoms with Gasteiger partial charge in [-0.25, -0.2) is 20.8 Å². The van der Waals surface area contributed by atoms with Gasteiger partial charge in [0, 0.05) is 5.69 Å². The molecule has 0 aliphatic carbocycles. The Labute approximate surface area is 139 Å². The number of oxime groups is 1. The first kappa shape index (κ1) is 17.2. The van der Waals surface area contributed by atoms with Crippen molar-refractivity contribution in [1.82, 2.24) is 15.0 Å². The van der Waals surface area contributed by atoms with Crippen LogP contribution in [0.4, 0.5) is 5.82 Å². The minimum atomic E-state index is 0.132. The maximum absolute atomic E-state index is 5.99. The molecule has 2 rings (SSSR count). The molecule has 0 atom stereocenters. The second-order valence-electron chi connectivity index (χ2n) is 4.95. The van der Waals surface area contributed by atoms with Crippen molar-refractivity contribution in [3.05, 3.63) is 53.5 Å². The molecule has 0 aromatic carbocycles. The van der Waals surface area contributed by atoms with Crippen LogP contribution in [-0.2, 0) is 11.4 Å². The van der Waals surface area contributed by atoms with Crippen LogP contribution in [0.1, 0.15) is 24.0 Å². The summed E-state index contributed by atoms with van der Waals surface area (Å²) in [4.78, 5) is 13.9. The Bertz CT molecular complexity index is 759. The standard InChI is InChI=1S/C15H20N8O/c1-10-5-3-7-13(19-10)15(23(18)11(2)21-17)22-24-9-12-6-4-8-14(16)20-12/h3-8H,9,17-18H2,1-2H3,(H2,16,20)/b21-11-,22-15+. The molecule has 0 radical (unpaired) electrons. The van der Waals surface area contributed by atoms with Crippen molar-refractivity contribution >= 4 is 17.5 Å². The highest BCUT2D eigenvalue weighted by Crippen LogP contribution is 2.06. The van der Waals surface area contributed by atoms with Gasteiger partial charge in [-0.1, -0.05) is 17.3 Å². The lowest BCUT2D eigenvalue weighted by molar-refractivity contribution is 0.125. The monoisotopic (exact) mass is 328 g/mol. The summed E-state index contributed by atoms with van der Waals surface area (Å²) in [5, 5.41) is 8.83. The molecule has 9 nitrogen and oxygen atoms in total. The molecule has 0 fully saturated rings. The fourth-order valence-corrected chi connectivity index (χ4v) is 1.84. The Morgan fingerprint density at radius 3 is 2.62 bits per heavy atom. The Balaban J connectivity index is 2.24. The number of hydrazone groups is 1. The van der Waals surface area contributed by atoms with E-state index in [0.717, 1.165) is 5.69 Å². The van der Waals surface area contributed by atoms with E-state index >= 15 is 0 Å². The molecule has 126 valence electrons. The van der Waals surface area contributed by atoms with Gasteiger partial charge in [-0.3, -0.25) is 0 Å². The van der Waals surface area contributed by atoms with E-state index < -0.39 is 0 Å². The van der Waals surface area contributed by atoms with Gasteiger partial charge in [-0.2, -0.15) is 5.10 Å². The van der Waals surface area contributed by atoms with E-state index in [9.17, 15) is 0 Å². The lowest BCUT2D eigenvalue weighted by Gasteiger charge is -2.18. The van der Waals surface area contributed by atoms with Crippen molar-refractivity contribution in [3.8, 4) is 0 Å². The Morgan fingerprint density at radius 2 is 1.96 bits per heavy atom. The van der Waals surface area contributed by atoms with Gasteiger partial charge in [0.1, 0.15) is 17.3 Å². The summed E-state index contributed by atoms with van der Waals surface area (Å²) in [5.74, 6) is 12.3. The highest BCUT2D eigenvalue weighted by molar-refractivity contribution is 6.06. The predicted octanol–water partition coefficient (Wildman–Crippen LogP) is 0.713. The Kier molecular flexibility index (Phi) is 5.63. The largest absolute Gasteiger partial charge is 0.387 e. The molecule has 6 N–H and O–H groups in total. The third-order valence-corrected chi connectivity index (χ3v) is 3.07. The molecule has 0 aliphatic heterocycles. The molecule has 0 unspecified atom stereocenters. The van der Waals surface area contributed by atoms with Crippen molar-refractivity contribution < 1.29 is 4.84 Å². The van der Waals surface area contributed by atoms with Crippen molar-refractivity contribution in [3.63, 3.8) is 0 Å². The SMILES string of the molecule is C/C(=N/N)N(N)/C(=N/OCc1cccc(N)n1)c1cccc(C)n1. The second kappa shape index (κ2) is 7.88. The van der Waals surface area contributed by atoms with Gasteiger partial charge >= 0.3 is 0 Å². The maximum atomic E-state index is 5.99. The summed E-state index contributed by atoms with van der Waals surface area (Å²) in [7, 11) is 0. The molecule has 0 spiro atoms. The van der Waals surface area contributed by atoms with Crippen LogP contribution in [0.15, 0.2) is 46.7 Å². The van der Waals surface area contributed by atoms with Crippen molar-refractivity contribution in [2.75, 3.05) is 5.73 Å². The Morgan fingerprint density at radius 1 is 1.21 bits per heavy atom. The number of aryl methyl sites for hydroxylation is 1. The average Bonchev–Trinajstić information content (AvgIpc) is 2.57. The van der Waals surface area contributed by atoms with E-state index in [1.54, 1.807) is 31.2 Å². The number of rotatable bonds is 4. The van der Waals surface area contributed by atoms with Crippen LogP contribution >= 0.6 is 0 Å². The van der Waals surface area contributed by atoms with Crippen molar-refractivity contribution in [2.24, 2.45) is 21.9 Å². The fourth-order valence-electron chi connectivity index (χ4n) is 1.84. The molecule has 9 heteroatoms. The number of nitrogen functional groups attached to an aromatic ring is 1. The quantitative estimate of drug-likeness (QED) is 0.325. The molecule has 2 aromatic rings. The normalized spacial score (nSPS) is 12.1. The highest BCUT2D eigenvalue weighted by Gasteiger charge is 2.16. The van der Waals surface area contributed by atoms with Gasteiger partial charge in [-0.15, -0.1) is 0 Å². The zero-order valence-corrected chi connectivity index (χ0v) is 13.5. The molecule has 0 saturated heterocycles. The van der Waals surface area contributed by atoms with Crippen LogP contribution < -0.4 is 17.4 Å². The number of pyridine rings is 2. The van der Waals surface area contributed by atoms with E-state index in [0.29, 0.717) is 23.0 Å². The van der Waals surface area contributed by atoms with Crippen LogP contribution in [0.5, 0.6) is 0 Å². The van der Waals surface area contributed by atoms with Gasteiger partial charge in [-0.05, 0) is 38.1 Å². The molecule has 0 amide bonds. The van der Waals surface area contributed by atoms with Crippen LogP contribution in [0.2, 0.25) is 0 Å². The predicted molar refractivity (Wildman–Crippen MR) is 92.3 cm³/mol. The minimum absolute atomic E-state index is 0.132. The number of amidine groups is 2. The molecule has 24 heavy (non-hydrogen) atoms. The zero-order valence-electron chi connectivity index (χ0n) is 13.5. The summed E-state index contributed by atoms with van der Waals surface area (Å²) in [6.07, 6.45) is 0. The molecule has 0 aliphatic rings. The third kappa shape index (κ3) is 4.40. The van der Waals surface area contributed by atoms with E-state index in [1.165, 1.54) is 5.01 Å². The van der Waals surface area contributed by atoms with Crippen molar-refractivity contribution in [2.45, 2.75) is 20.5 Å². The number of hydrogen-bond acceptors (Lipinski definition) is 8. The van der Waals surface area contributed by atoms with Crippen LogP contribution in [0.3, 0.4) is 0 Å². The van der Waals surface area contributed by atoms with E-state index in [4.69, 9.17) is 22.3 Å². The smallest absolute Gasteiger partial charge is 0.213 e. The van der Waals surface area contributed by atoms with Crippen LogP contribution in [0.25, 0.3) is 0 Å². The van der Waals surface area contributed by atoms with E-state index in [1.807, 2.05) is 19.1 Å². The van der Waals surface area contributed by atoms with Gasteiger partial charge in [0.25, 0.3) is 0 Å². The van der Waals surface area contributed by atoms with Gasteiger partial charge in [0.15, 0.2) is 6.61 Å². The van der Waals surface area contributed by atoms with E-state index in [-0.39, 0.29) is 12.4 Å². The summed E-state index contributed by atoms with van der Waals surface area (Å²) >= 11 is 0. The molecule has 2 aromatic heterocycles. The van der Waals surface area contributed by atoms with Gasteiger partial charge in [0.05, 0.1) is 5.69 Å². The molecule has 0 bridgehead atoms. The molecule has 0 saturated carbocycles. The van der Waals surface area contributed by atoms with Gasteiger partial charge in [0.2, 0.25) is 5.84 Å². The Hall–Kier alpha value is -3.20. The maximum Gasteiger partial charge on any atom is 0.213 e. The van der Waals surface area contributed by atoms with E-state index in [2.05, 4.69) is 20.2 Å². The summed E-state index contributed by atoms with van der Waals surface area (Å²) in [6, 6.07) is 10.7. The number of hydrogen-bond donors (Lipinski definition) is 3. The first-order chi connectivity index (χ1) is 11.5. The van der Waals surface area contributed by atoms with Gasteiger partial charge < -0.3 is 16.4 Å². The number of nitrogens with two attached hydrogens (primary N) is 3. The summed E-state index contributed by atoms with van der Waals surface area (Å²) < 4.78 is 0. The van der Waals surface area contributed by atoms with Crippen molar-refractivity contribution in [1.29, 1.82) is 0 Å². The lowest BCUT2D eigenvalue weighted by Crippen LogP contribution is -2.43. The molecular weight excluding hydrogens is 308 g/mol. The second-order valence-corrected chi connectivity index (χ2v) is 4.95. The number of hydrazine groups is 1. The molecule has 2 heterocycles. The zero-order chi connectivity index (χ0) is 17.5. The average molecular weight is 328 g/mol. The topological polar surface area (TPSA) is 141 Å². The number of anilines is 1. The first-order valence-corrected chi connectivity index (χ1v) is 7.16. The third-order valence-electron chi connectivity index (χ3n) is 3.07. The summed E-state index contributed by atoms with van der Waals surface area (Å²) in [5.41, 5.74) is 7.62. The lowest BCUT2D eigenvalue weighted by atomic mass is 10.3. The number of aromatic nitrogens is 2. The first-order valence-electron chi connectivity index (χ1n) is 7.16. The van der Waals surface area contributed by atoms with Crippen LogP contribution in [-0.4, -0.2) is 26.6 Å². The fraction of sp³-hybridized carbons (Fsp3) is 0.200. The minimum Gasteiger partial charge on any atom is -0.387 e. The summed E-state index contributed by atoms with van der Waals surface area (Å²) in [6.45, 7) is 3.64. The number of nitrogens with zero attached hydrogens (tertiary/aromatic N) is 5.